The van der Waals surface area contributed by atoms with Crippen molar-refractivity contribution in [1.82, 2.24) is 9.78 Å². The van der Waals surface area contributed by atoms with Crippen molar-refractivity contribution in [2.45, 2.75) is 20.4 Å². The van der Waals surface area contributed by atoms with Gasteiger partial charge in [0.25, 0.3) is 0 Å². The molecule has 1 aromatic heterocycles. The highest BCUT2D eigenvalue weighted by atomic mass is 32.2. The van der Waals surface area contributed by atoms with Crippen molar-refractivity contribution in [2.24, 2.45) is 0 Å². The SMILES string of the molecule is CCSC(=O)Oc1ccnn1CC. The van der Waals surface area contributed by atoms with Crippen molar-refractivity contribution < 1.29 is 9.53 Å². The maximum Gasteiger partial charge on any atom is 0.374 e. The van der Waals surface area contributed by atoms with Crippen LogP contribution in [0.1, 0.15) is 13.8 Å². The molecule has 4 nitrogen and oxygen atoms in total. The third-order valence-electron chi connectivity index (χ3n) is 1.43. The van der Waals surface area contributed by atoms with Crippen molar-refractivity contribution in [3.63, 3.8) is 0 Å². The van der Waals surface area contributed by atoms with E-state index in [0.29, 0.717) is 12.4 Å². The first-order chi connectivity index (χ1) is 6.27. The number of hydrogen-bond acceptors (Lipinski definition) is 4. The highest BCUT2D eigenvalue weighted by Crippen LogP contribution is 2.13. The Kier molecular flexibility index (Phi) is 3.82. The maximum absolute atomic E-state index is 11.1. The normalized spacial score (nSPS) is 10.0. The summed E-state index contributed by atoms with van der Waals surface area (Å²) in [5, 5.41) is 3.70. The predicted molar refractivity (Wildman–Crippen MR) is 52.1 cm³/mol. The standard InChI is InChI=1S/C8H12N2O2S/c1-3-10-7(5-6-9-10)12-8(11)13-4-2/h5-6H,3-4H2,1-2H3. The molecule has 0 amide bonds. The van der Waals surface area contributed by atoms with Gasteiger partial charge in [-0.2, -0.15) is 5.10 Å². The summed E-state index contributed by atoms with van der Waals surface area (Å²) in [6.07, 6.45) is 1.61. The first-order valence-corrected chi connectivity index (χ1v) is 5.13. The van der Waals surface area contributed by atoms with E-state index in [4.69, 9.17) is 4.74 Å². The molecule has 0 spiro atoms. The Morgan fingerprint density at radius 3 is 3.08 bits per heavy atom. The zero-order valence-corrected chi connectivity index (χ0v) is 8.50. The number of ether oxygens (including phenoxy) is 1. The Balaban J connectivity index is 2.57. The van der Waals surface area contributed by atoms with E-state index in [-0.39, 0.29) is 5.30 Å². The van der Waals surface area contributed by atoms with Gasteiger partial charge >= 0.3 is 5.30 Å². The van der Waals surface area contributed by atoms with Crippen LogP contribution in [0, 0.1) is 0 Å². The zero-order valence-electron chi connectivity index (χ0n) is 7.69. The molecule has 72 valence electrons. The van der Waals surface area contributed by atoms with Gasteiger partial charge in [-0.25, -0.2) is 9.48 Å². The van der Waals surface area contributed by atoms with Gasteiger partial charge < -0.3 is 4.74 Å². The molecule has 0 saturated carbocycles. The summed E-state index contributed by atoms with van der Waals surface area (Å²) in [7, 11) is 0. The van der Waals surface area contributed by atoms with Gasteiger partial charge in [0, 0.05) is 18.4 Å². The number of rotatable bonds is 3. The van der Waals surface area contributed by atoms with E-state index < -0.39 is 0 Å². The molecule has 0 aromatic carbocycles. The van der Waals surface area contributed by atoms with Crippen LogP contribution in [0.15, 0.2) is 12.3 Å². The summed E-state index contributed by atoms with van der Waals surface area (Å²) in [5.74, 6) is 1.23. The minimum absolute atomic E-state index is 0.280. The highest BCUT2D eigenvalue weighted by molar-refractivity contribution is 8.13. The average molecular weight is 200 g/mol. The fourth-order valence-electron chi connectivity index (χ4n) is 0.877. The van der Waals surface area contributed by atoms with Gasteiger partial charge in [0.05, 0.1) is 6.20 Å². The number of nitrogens with zero attached hydrogens (tertiary/aromatic N) is 2. The summed E-state index contributed by atoms with van der Waals surface area (Å²) in [6.45, 7) is 4.55. The summed E-state index contributed by atoms with van der Waals surface area (Å²) in [5.41, 5.74) is 0. The van der Waals surface area contributed by atoms with Gasteiger partial charge in [-0.05, 0) is 18.7 Å². The van der Waals surface area contributed by atoms with E-state index in [1.165, 1.54) is 0 Å². The van der Waals surface area contributed by atoms with Crippen LogP contribution in [0.25, 0.3) is 0 Å². The number of thioether (sulfide) groups is 1. The summed E-state index contributed by atoms with van der Waals surface area (Å²) in [4.78, 5) is 11.1. The second-order valence-electron chi connectivity index (χ2n) is 2.27. The summed E-state index contributed by atoms with van der Waals surface area (Å²) >= 11 is 1.15. The smallest absolute Gasteiger partial charge is 0.374 e. The minimum atomic E-state index is -0.280. The van der Waals surface area contributed by atoms with Crippen molar-refractivity contribution >= 4 is 17.1 Å². The molecule has 0 radical (unpaired) electrons. The molecule has 1 heterocycles. The molecule has 0 saturated heterocycles. The molecule has 0 N–H and O–H groups in total. The van der Waals surface area contributed by atoms with E-state index in [1.807, 2.05) is 13.8 Å². The second-order valence-corrected chi connectivity index (χ2v) is 3.47. The minimum Gasteiger partial charge on any atom is -0.400 e. The van der Waals surface area contributed by atoms with Crippen LogP contribution in [0.2, 0.25) is 0 Å². The molecule has 0 unspecified atom stereocenters. The fraction of sp³-hybridized carbons (Fsp3) is 0.500. The molecule has 0 atom stereocenters. The lowest BCUT2D eigenvalue weighted by Gasteiger charge is -2.03. The third-order valence-corrected chi connectivity index (χ3v) is 2.03. The maximum atomic E-state index is 11.1. The van der Waals surface area contributed by atoms with Crippen molar-refractivity contribution in [2.75, 3.05) is 5.75 Å². The molecule has 5 heteroatoms. The van der Waals surface area contributed by atoms with E-state index in [2.05, 4.69) is 5.10 Å². The van der Waals surface area contributed by atoms with Gasteiger partial charge in [-0.1, -0.05) is 6.92 Å². The number of aryl methyl sites for hydroxylation is 1. The topological polar surface area (TPSA) is 44.1 Å². The van der Waals surface area contributed by atoms with Crippen LogP contribution < -0.4 is 4.74 Å². The third kappa shape index (κ3) is 2.77. The average Bonchev–Trinajstić information content (AvgIpc) is 2.52. The molecular weight excluding hydrogens is 188 g/mol. The number of aromatic nitrogens is 2. The van der Waals surface area contributed by atoms with Crippen LogP contribution in [-0.2, 0) is 6.54 Å². The van der Waals surface area contributed by atoms with Crippen LogP contribution >= 0.6 is 11.8 Å². The van der Waals surface area contributed by atoms with Crippen molar-refractivity contribution in [3.05, 3.63) is 12.3 Å². The van der Waals surface area contributed by atoms with Crippen LogP contribution in [0.5, 0.6) is 5.88 Å². The molecule has 0 bridgehead atoms. The Morgan fingerprint density at radius 1 is 1.69 bits per heavy atom. The van der Waals surface area contributed by atoms with Gasteiger partial charge in [-0.15, -0.1) is 0 Å². The van der Waals surface area contributed by atoms with E-state index in [0.717, 1.165) is 17.5 Å². The predicted octanol–water partition coefficient (Wildman–Crippen LogP) is 2.15. The molecule has 0 aliphatic rings. The van der Waals surface area contributed by atoms with Crippen molar-refractivity contribution in [1.29, 1.82) is 0 Å². The molecular formula is C8H12N2O2S. The number of hydrogen-bond donors (Lipinski definition) is 0. The Bertz CT molecular complexity index is 285. The van der Waals surface area contributed by atoms with Gasteiger partial charge in [0.1, 0.15) is 0 Å². The molecule has 0 fully saturated rings. The van der Waals surface area contributed by atoms with E-state index >= 15 is 0 Å². The Morgan fingerprint density at radius 2 is 2.46 bits per heavy atom. The molecule has 0 aliphatic heterocycles. The lowest BCUT2D eigenvalue weighted by molar-refractivity contribution is 0.222. The largest absolute Gasteiger partial charge is 0.400 e. The highest BCUT2D eigenvalue weighted by Gasteiger charge is 2.07. The van der Waals surface area contributed by atoms with E-state index in [1.54, 1.807) is 16.9 Å². The number of carbonyl (C=O) groups is 1. The van der Waals surface area contributed by atoms with Crippen LogP contribution in [0.4, 0.5) is 4.79 Å². The van der Waals surface area contributed by atoms with Crippen LogP contribution in [0.3, 0.4) is 0 Å². The van der Waals surface area contributed by atoms with Gasteiger partial charge in [0.2, 0.25) is 5.88 Å². The summed E-state index contributed by atoms with van der Waals surface area (Å²) in [6, 6.07) is 1.68. The van der Waals surface area contributed by atoms with Crippen molar-refractivity contribution in [3.8, 4) is 5.88 Å². The first kappa shape index (κ1) is 10.1. The lowest BCUT2D eigenvalue weighted by Crippen LogP contribution is -2.06. The monoisotopic (exact) mass is 200 g/mol. The van der Waals surface area contributed by atoms with E-state index in [9.17, 15) is 4.79 Å². The molecule has 13 heavy (non-hydrogen) atoms. The fourth-order valence-corrected chi connectivity index (χ4v) is 1.26. The lowest BCUT2D eigenvalue weighted by atomic mass is 10.6. The second kappa shape index (κ2) is 4.91. The van der Waals surface area contributed by atoms with Gasteiger partial charge in [-0.3, -0.25) is 0 Å². The molecule has 1 aromatic rings. The quantitative estimate of drug-likeness (QED) is 0.701. The Labute approximate surface area is 81.3 Å². The zero-order chi connectivity index (χ0) is 9.68. The Hall–Kier alpha value is -0.970. The summed E-state index contributed by atoms with van der Waals surface area (Å²) < 4.78 is 6.67. The first-order valence-electron chi connectivity index (χ1n) is 4.14. The van der Waals surface area contributed by atoms with Crippen LogP contribution in [-0.4, -0.2) is 20.8 Å². The molecule has 0 aliphatic carbocycles. The van der Waals surface area contributed by atoms with Gasteiger partial charge in [0.15, 0.2) is 0 Å². The molecule has 1 rings (SSSR count). The number of carbonyl (C=O) groups excluding carboxylic acids is 1.